The number of fused-ring (bicyclic) bond motifs is 1. The Morgan fingerprint density at radius 1 is 1.23 bits per heavy atom. The summed E-state index contributed by atoms with van der Waals surface area (Å²) in [5, 5.41) is 0. The standard InChI is InChI=1S/C21H27NO4/c1-22(2)11-10-20-15-6-4-14-5-7-16(23-3)18(17(14)20)26-19(20)21(9-8-15)24-12-13-25-21/h4-7,15,19H,8-13H2,1-3H3/t15-,19-,20+/m1/s1. The lowest BCUT2D eigenvalue weighted by Crippen LogP contribution is -2.62. The molecule has 1 spiro atoms. The number of methoxy groups -OCH3 is 1. The van der Waals surface area contributed by atoms with Crippen LogP contribution in [0.3, 0.4) is 0 Å². The van der Waals surface area contributed by atoms with Crippen LogP contribution in [0.2, 0.25) is 0 Å². The van der Waals surface area contributed by atoms with Crippen molar-refractivity contribution < 1.29 is 18.9 Å². The first-order valence-electron chi connectivity index (χ1n) is 9.60. The summed E-state index contributed by atoms with van der Waals surface area (Å²) in [6, 6.07) is 4.17. The highest BCUT2D eigenvalue weighted by molar-refractivity contribution is 5.70. The number of hydrogen-bond donors (Lipinski definition) is 0. The Labute approximate surface area is 154 Å². The van der Waals surface area contributed by atoms with Crippen LogP contribution in [-0.4, -0.2) is 57.8 Å². The molecule has 2 fully saturated rings. The van der Waals surface area contributed by atoms with Crippen LogP contribution in [0.15, 0.2) is 18.2 Å². The van der Waals surface area contributed by atoms with Crippen molar-refractivity contribution in [3.63, 3.8) is 0 Å². The number of hydrogen-bond acceptors (Lipinski definition) is 5. The van der Waals surface area contributed by atoms with Gasteiger partial charge in [0.05, 0.1) is 20.3 Å². The van der Waals surface area contributed by atoms with E-state index < -0.39 is 5.79 Å². The highest BCUT2D eigenvalue weighted by Gasteiger charge is 2.67. The number of ether oxygens (including phenoxy) is 4. The van der Waals surface area contributed by atoms with E-state index in [1.807, 2.05) is 6.07 Å². The van der Waals surface area contributed by atoms with Crippen molar-refractivity contribution in [1.82, 2.24) is 4.90 Å². The van der Waals surface area contributed by atoms with E-state index in [2.05, 4.69) is 37.2 Å². The first kappa shape index (κ1) is 16.6. The average Bonchev–Trinajstić information content (AvgIpc) is 3.25. The van der Waals surface area contributed by atoms with Crippen molar-refractivity contribution in [2.24, 2.45) is 5.92 Å². The average molecular weight is 357 g/mol. The fourth-order valence-corrected chi connectivity index (χ4v) is 5.54. The van der Waals surface area contributed by atoms with Gasteiger partial charge < -0.3 is 23.8 Å². The lowest BCUT2D eigenvalue weighted by Gasteiger charge is -2.52. The Morgan fingerprint density at radius 2 is 2.04 bits per heavy atom. The van der Waals surface area contributed by atoms with Crippen molar-refractivity contribution in [2.75, 3.05) is 41.0 Å². The van der Waals surface area contributed by atoms with Crippen LogP contribution in [0.5, 0.6) is 11.5 Å². The van der Waals surface area contributed by atoms with Gasteiger partial charge >= 0.3 is 0 Å². The molecule has 2 aliphatic carbocycles. The first-order chi connectivity index (χ1) is 12.6. The van der Waals surface area contributed by atoms with Crippen LogP contribution >= 0.6 is 0 Å². The molecule has 0 radical (unpaired) electrons. The molecule has 2 aliphatic heterocycles. The monoisotopic (exact) mass is 357 g/mol. The Bertz CT molecular complexity index is 753. The molecule has 2 heterocycles. The lowest BCUT2D eigenvalue weighted by molar-refractivity contribution is -0.248. The van der Waals surface area contributed by atoms with E-state index in [4.69, 9.17) is 18.9 Å². The normalized spacial score (nSPS) is 32.8. The molecular weight excluding hydrogens is 330 g/mol. The third kappa shape index (κ3) is 2.02. The molecule has 4 aliphatic rings. The predicted molar refractivity (Wildman–Crippen MR) is 98.7 cm³/mol. The number of allylic oxidation sites excluding steroid dienone is 1. The molecule has 0 bridgehead atoms. The van der Waals surface area contributed by atoms with Gasteiger partial charge in [0, 0.05) is 17.4 Å². The third-order valence-corrected chi connectivity index (χ3v) is 6.66. The molecule has 0 N–H and O–H groups in total. The number of rotatable bonds is 4. The zero-order valence-electron chi connectivity index (χ0n) is 15.8. The maximum absolute atomic E-state index is 6.66. The maximum Gasteiger partial charge on any atom is 0.206 e. The van der Waals surface area contributed by atoms with E-state index in [9.17, 15) is 0 Å². The summed E-state index contributed by atoms with van der Waals surface area (Å²) in [7, 11) is 5.98. The van der Waals surface area contributed by atoms with Crippen molar-refractivity contribution in [3.8, 4) is 11.5 Å². The highest BCUT2D eigenvalue weighted by Crippen LogP contribution is 2.64. The van der Waals surface area contributed by atoms with E-state index in [0.29, 0.717) is 19.1 Å². The van der Waals surface area contributed by atoms with Gasteiger partial charge in [-0.05, 0) is 51.0 Å². The Kier molecular flexibility index (Phi) is 3.65. The van der Waals surface area contributed by atoms with Crippen molar-refractivity contribution in [1.29, 1.82) is 0 Å². The molecule has 3 atom stereocenters. The fourth-order valence-electron chi connectivity index (χ4n) is 5.54. The zero-order chi connectivity index (χ0) is 17.9. The highest BCUT2D eigenvalue weighted by atomic mass is 16.8. The van der Waals surface area contributed by atoms with Gasteiger partial charge in [-0.25, -0.2) is 0 Å². The van der Waals surface area contributed by atoms with Gasteiger partial charge in [0.15, 0.2) is 17.6 Å². The van der Waals surface area contributed by atoms with Gasteiger partial charge in [-0.2, -0.15) is 0 Å². The van der Waals surface area contributed by atoms with Crippen LogP contribution in [0.25, 0.3) is 6.08 Å². The van der Waals surface area contributed by atoms with Crippen LogP contribution < -0.4 is 9.47 Å². The Balaban J connectivity index is 1.72. The molecule has 1 aromatic carbocycles. The molecule has 0 unspecified atom stereocenters. The van der Waals surface area contributed by atoms with Crippen LogP contribution in [0.1, 0.15) is 30.4 Å². The molecule has 5 rings (SSSR count). The van der Waals surface area contributed by atoms with Crippen LogP contribution in [0.4, 0.5) is 0 Å². The molecular formula is C21H27NO4. The van der Waals surface area contributed by atoms with E-state index in [0.717, 1.165) is 37.3 Å². The second-order valence-corrected chi connectivity index (χ2v) is 8.17. The second kappa shape index (κ2) is 5.72. The van der Waals surface area contributed by atoms with Crippen LogP contribution in [-0.2, 0) is 14.9 Å². The zero-order valence-corrected chi connectivity index (χ0v) is 15.8. The molecule has 5 nitrogen and oxygen atoms in total. The molecule has 0 aromatic heterocycles. The second-order valence-electron chi connectivity index (χ2n) is 8.17. The van der Waals surface area contributed by atoms with Gasteiger partial charge in [0.1, 0.15) is 0 Å². The summed E-state index contributed by atoms with van der Waals surface area (Å²) in [5.74, 6) is 1.51. The molecule has 1 saturated carbocycles. The summed E-state index contributed by atoms with van der Waals surface area (Å²) < 4.78 is 24.8. The molecule has 0 amide bonds. The Morgan fingerprint density at radius 3 is 2.77 bits per heavy atom. The van der Waals surface area contributed by atoms with E-state index in [-0.39, 0.29) is 11.5 Å². The smallest absolute Gasteiger partial charge is 0.206 e. The quantitative estimate of drug-likeness (QED) is 0.829. The van der Waals surface area contributed by atoms with Gasteiger partial charge in [-0.3, -0.25) is 0 Å². The summed E-state index contributed by atoms with van der Waals surface area (Å²) in [5.41, 5.74) is 2.42. The van der Waals surface area contributed by atoms with E-state index >= 15 is 0 Å². The number of nitrogens with zero attached hydrogens (tertiary/aromatic N) is 1. The van der Waals surface area contributed by atoms with Gasteiger partial charge in [0.2, 0.25) is 5.79 Å². The molecule has 140 valence electrons. The number of benzene rings is 1. The summed E-state index contributed by atoms with van der Waals surface area (Å²) in [6.45, 7) is 2.28. The van der Waals surface area contributed by atoms with Gasteiger partial charge in [-0.15, -0.1) is 0 Å². The fraction of sp³-hybridized carbons (Fsp3) is 0.619. The molecule has 1 saturated heterocycles. The van der Waals surface area contributed by atoms with Crippen molar-refractivity contribution in [3.05, 3.63) is 29.3 Å². The minimum atomic E-state index is -0.630. The third-order valence-electron chi connectivity index (χ3n) is 6.66. The summed E-state index contributed by atoms with van der Waals surface area (Å²) in [4.78, 5) is 2.25. The SMILES string of the molecule is COc1ccc2c3c1O[C@H]1C4(CC[C@@H](C=C2)[C@@]31CCN(C)C)OCCO4. The molecule has 5 heteroatoms. The lowest BCUT2D eigenvalue weighted by atomic mass is 9.56. The van der Waals surface area contributed by atoms with Crippen molar-refractivity contribution >= 4 is 6.08 Å². The molecule has 1 aromatic rings. The van der Waals surface area contributed by atoms with E-state index in [1.54, 1.807) is 7.11 Å². The minimum Gasteiger partial charge on any atom is -0.493 e. The first-order valence-corrected chi connectivity index (χ1v) is 9.60. The van der Waals surface area contributed by atoms with Gasteiger partial charge in [0.25, 0.3) is 0 Å². The van der Waals surface area contributed by atoms with E-state index in [1.165, 1.54) is 11.1 Å². The summed E-state index contributed by atoms with van der Waals surface area (Å²) in [6.07, 6.45) is 7.46. The minimum absolute atomic E-state index is 0.124. The largest absolute Gasteiger partial charge is 0.493 e. The molecule has 26 heavy (non-hydrogen) atoms. The van der Waals surface area contributed by atoms with Crippen LogP contribution in [0, 0.1) is 5.92 Å². The topological polar surface area (TPSA) is 40.2 Å². The predicted octanol–water partition coefficient (Wildman–Crippen LogP) is 2.83. The van der Waals surface area contributed by atoms with Crippen molar-refractivity contribution in [2.45, 2.75) is 36.6 Å². The van der Waals surface area contributed by atoms with Gasteiger partial charge in [-0.1, -0.05) is 18.2 Å². The Hall–Kier alpha value is -1.56. The maximum atomic E-state index is 6.66. The summed E-state index contributed by atoms with van der Waals surface area (Å²) >= 11 is 0.